The van der Waals surface area contributed by atoms with Crippen LogP contribution in [0, 0.1) is 6.92 Å². The fourth-order valence-electron chi connectivity index (χ4n) is 2.47. The minimum absolute atomic E-state index is 0.0680. The number of rotatable bonds is 8. The number of thioether (sulfide) groups is 1. The van der Waals surface area contributed by atoms with Crippen LogP contribution in [0.5, 0.6) is 0 Å². The zero-order valence-corrected chi connectivity index (χ0v) is 19.1. The molecule has 0 saturated heterocycles. The largest absolute Gasteiger partial charge is 0.325 e. The molecule has 7 nitrogen and oxygen atoms in total. The lowest BCUT2D eigenvalue weighted by atomic mass is 10.1. The summed E-state index contributed by atoms with van der Waals surface area (Å²) in [5.41, 5.74) is 1.57. The van der Waals surface area contributed by atoms with E-state index < -0.39 is 15.6 Å². The number of aryl methyl sites for hydroxylation is 1. The molecule has 0 spiro atoms. The first-order chi connectivity index (χ1) is 13.9. The van der Waals surface area contributed by atoms with Crippen molar-refractivity contribution in [2.24, 2.45) is 0 Å². The highest BCUT2D eigenvalue weighted by molar-refractivity contribution is 8.00. The molecule has 3 N–H and O–H groups in total. The molecular weight excluding hydrogens is 422 g/mol. The molecule has 162 valence electrons. The van der Waals surface area contributed by atoms with Gasteiger partial charge in [-0.3, -0.25) is 9.59 Å². The molecule has 0 aliphatic carbocycles. The molecule has 2 aromatic rings. The second kappa shape index (κ2) is 10.1. The number of carbonyl (C=O) groups excluding carboxylic acids is 2. The molecule has 0 aromatic heterocycles. The first kappa shape index (κ1) is 23.9. The maximum atomic E-state index is 12.4. The van der Waals surface area contributed by atoms with Crippen molar-refractivity contribution in [2.75, 3.05) is 22.1 Å². The highest BCUT2D eigenvalue weighted by Crippen LogP contribution is 2.18. The lowest BCUT2D eigenvalue weighted by Gasteiger charge is -2.20. The maximum absolute atomic E-state index is 12.4. The zero-order valence-electron chi connectivity index (χ0n) is 17.5. The standard InChI is InChI=1S/C21H27N3O4S2/c1-15-8-10-16(11-9-15)22-19(25)13-29-14-20(26)23-17-6-5-7-18(12-17)30(27,28)24-21(2,3)4/h5-12,24H,13-14H2,1-4H3,(H,22,25)(H,23,26). The van der Waals surface area contributed by atoms with Crippen molar-refractivity contribution in [3.8, 4) is 0 Å². The second-order valence-electron chi connectivity index (χ2n) is 7.84. The summed E-state index contributed by atoms with van der Waals surface area (Å²) in [4.78, 5) is 24.2. The molecule has 0 heterocycles. The molecule has 2 rings (SSSR count). The smallest absolute Gasteiger partial charge is 0.241 e. The first-order valence-corrected chi connectivity index (χ1v) is 12.0. The third-order valence-electron chi connectivity index (χ3n) is 3.67. The number of anilines is 2. The van der Waals surface area contributed by atoms with E-state index in [0.29, 0.717) is 11.4 Å². The average Bonchev–Trinajstić information content (AvgIpc) is 2.62. The Balaban J connectivity index is 1.85. The molecule has 0 atom stereocenters. The van der Waals surface area contributed by atoms with Crippen molar-refractivity contribution in [1.82, 2.24) is 4.72 Å². The quantitative estimate of drug-likeness (QED) is 0.573. The predicted molar refractivity (Wildman–Crippen MR) is 122 cm³/mol. The van der Waals surface area contributed by atoms with Gasteiger partial charge >= 0.3 is 0 Å². The average molecular weight is 450 g/mol. The number of hydrogen-bond acceptors (Lipinski definition) is 5. The normalized spacial score (nSPS) is 11.7. The fourth-order valence-corrected chi connectivity index (χ4v) is 4.55. The predicted octanol–water partition coefficient (Wildman–Crippen LogP) is 3.38. The second-order valence-corrected chi connectivity index (χ2v) is 10.5. The Kier molecular flexibility index (Phi) is 8.05. The Bertz CT molecular complexity index is 998. The van der Waals surface area contributed by atoms with Crippen LogP contribution < -0.4 is 15.4 Å². The van der Waals surface area contributed by atoms with Crippen LogP contribution in [-0.2, 0) is 19.6 Å². The van der Waals surface area contributed by atoms with Crippen LogP contribution in [0.1, 0.15) is 26.3 Å². The van der Waals surface area contributed by atoms with Gasteiger partial charge in [-0.15, -0.1) is 11.8 Å². The molecule has 2 aromatic carbocycles. The molecular formula is C21H27N3O4S2. The van der Waals surface area contributed by atoms with Crippen LogP contribution in [0.15, 0.2) is 53.4 Å². The lowest BCUT2D eigenvalue weighted by molar-refractivity contribution is -0.114. The van der Waals surface area contributed by atoms with Crippen LogP contribution >= 0.6 is 11.8 Å². The highest BCUT2D eigenvalue weighted by atomic mass is 32.2. The fraction of sp³-hybridized carbons (Fsp3) is 0.333. The van der Waals surface area contributed by atoms with E-state index in [1.165, 1.54) is 23.9 Å². The first-order valence-electron chi connectivity index (χ1n) is 9.33. The van der Waals surface area contributed by atoms with Gasteiger partial charge in [0, 0.05) is 16.9 Å². The monoisotopic (exact) mass is 449 g/mol. The summed E-state index contributed by atoms with van der Waals surface area (Å²) in [5.74, 6) is -0.316. The minimum Gasteiger partial charge on any atom is -0.325 e. The molecule has 2 amide bonds. The van der Waals surface area contributed by atoms with Crippen molar-refractivity contribution in [1.29, 1.82) is 0 Å². The van der Waals surface area contributed by atoms with Crippen molar-refractivity contribution in [3.05, 3.63) is 54.1 Å². The molecule has 0 aliphatic heterocycles. The Morgan fingerprint density at radius 3 is 2.03 bits per heavy atom. The van der Waals surface area contributed by atoms with E-state index in [0.717, 1.165) is 5.56 Å². The molecule has 0 aliphatic rings. The molecule has 0 saturated carbocycles. The molecule has 30 heavy (non-hydrogen) atoms. The molecule has 0 radical (unpaired) electrons. The van der Waals surface area contributed by atoms with Gasteiger partial charge in [-0.25, -0.2) is 13.1 Å². The molecule has 0 bridgehead atoms. The summed E-state index contributed by atoms with van der Waals surface area (Å²) in [6.45, 7) is 7.22. The van der Waals surface area contributed by atoms with Gasteiger partial charge in [0.15, 0.2) is 0 Å². The highest BCUT2D eigenvalue weighted by Gasteiger charge is 2.22. The summed E-state index contributed by atoms with van der Waals surface area (Å²) in [7, 11) is -3.70. The third kappa shape index (κ3) is 8.17. The van der Waals surface area contributed by atoms with Gasteiger partial charge in [-0.1, -0.05) is 23.8 Å². The van der Waals surface area contributed by atoms with E-state index in [2.05, 4.69) is 15.4 Å². The van der Waals surface area contributed by atoms with Crippen molar-refractivity contribution in [3.63, 3.8) is 0 Å². The van der Waals surface area contributed by atoms with E-state index in [9.17, 15) is 18.0 Å². The van der Waals surface area contributed by atoms with Gasteiger partial charge in [-0.2, -0.15) is 0 Å². The Morgan fingerprint density at radius 2 is 1.47 bits per heavy atom. The van der Waals surface area contributed by atoms with Crippen molar-refractivity contribution < 1.29 is 18.0 Å². The van der Waals surface area contributed by atoms with Crippen molar-refractivity contribution in [2.45, 2.75) is 38.1 Å². The van der Waals surface area contributed by atoms with E-state index in [1.807, 2.05) is 31.2 Å². The van der Waals surface area contributed by atoms with Crippen molar-refractivity contribution >= 4 is 45.0 Å². The summed E-state index contributed by atoms with van der Waals surface area (Å²) in [6, 6.07) is 13.5. The van der Waals surface area contributed by atoms with Crippen LogP contribution in [0.2, 0.25) is 0 Å². The van der Waals surface area contributed by atoms with Gasteiger partial charge in [0.05, 0.1) is 16.4 Å². The van der Waals surface area contributed by atoms with Crippen LogP contribution in [-0.4, -0.2) is 37.3 Å². The van der Waals surface area contributed by atoms with Crippen LogP contribution in [0.25, 0.3) is 0 Å². The number of benzene rings is 2. The summed E-state index contributed by atoms with van der Waals surface area (Å²) >= 11 is 1.17. The van der Waals surface area contributed by atoms with Gasteiger partial charge in [0.2, 0.25) is 21.8 Å². The molecule has 0 fully saturated rings. The van der Waals surface area contributed by atoms with Crippen LogP contribution in [0.4, 0.5) is 11.4 Å². The molecule has 0 unspecified atom stereocenters. The van der Waals surface area contributed by atoms with E-state index in [-0.39, 0.29) is 28.2 Å². The zero-order chi connectivity index (χ0) is 22.4. The van der Waals surface area contributed by atoms with Gasteiger partial charge in [-0.05, 0) is 58.0 Å². The number of nitrogens with one attached hydrogen (secondary N) is 3. The minimum atomic E-state index is -3.70. The number of carbonyl (C=O) groups is 2. The van der Waals surface area contributed by atoms with E-state index >= 15 is 0 Å². The molecule has 9 heteroatoms. The maximum Gasteiger partial charge on any atom is 0.241 e. The van der Waals surface area contributed by atoms with E-state index in [1.54, 1.807) is 32.9 Å². The number of hydrogen-bond donors (Lipinski definition) is 3. The summed E-state index contributed by atoms with van der Waals surface area (Å²) in [6.07, 6.45) is 0. The lowest BCUT2D eigenvalue weighted by Crippen LogP contribution is -2.40. The summed E-state index contributed by atoms with van der Waals surface area (Å²) < 4.78 is 27.4. The van der Waals surface area contributed by atoms with E-state index in [4.69, 9.17) is 0 Å². The van der Waals surface area contributed by atoms with Gasteiger partial charge < -0.3 is 10.6 Å². The summed E-state index contributed by atoms with van der Waals surface area (Å²) in [5, 5.41) is 5.43. The number of amides is 2. The topological polar surface area (TPSA) is 104 Å². The SMILES string of the molecule is Cc1ccc(NC(=O)CSCC(=O)Nc2cccc(S(=O)(=O)NC(C)(C)C)c2)cc1. The van der Waals surface area contributed by atoms with Gasteiger partial charge in [0.25, 0.3) is 0 Å². The third-order valence-corrected chi connectivity index (χ3v) is 6.36. The van der Waals surface area contributed by atoms with Crippen LogP contribution in [0.3, 0.4) is 0 Å². The Hall–Kier alpha value is -2.36. The Morgan fingerprint density at radius 1 is 0.900 bits per heavy atom. The van der Waals surface area contributed by atoms with Gasteiger partial charge in [0.1, 0.15) is 0 Å². The number of sulfonamides is 1. The Labute approximate surface area is 182 Å².